The highest BCUT2D eigenvalue weighted by Gasteiger charge is 2.29. The average Bonchev–Trinajstić information content (AvgIpc) is 2.61. The summed E-state index contributed by atoms with van der Waals surface area (Å²) in [5.74, 6) is 0.969. The van der Waals surface area contributed by atoms with Crippen LogP contribution in [0.1, 0.15) is 17.2 Å². The molecule has 5 heteroatoms. The highest BCUT2D eigenvalue weighted by atomic mass is 79.9. The first kappa shape index (κ1) is 17.0. The first-order valence-corrected chi connectivity index (χ1v) is 8.86. The maximum absolute atomic E-state index is 12.9. The van der Waals surface area contributed by atoms with Gasteiger partial charge >= 0.3 is 0 Å². The van der Waals surface area contributed by atoms with Gasteiger partial charge in [-0.3, -0.25) is 4.79 Å². The van der Waals surface area contributed by atoms with Gasteiger partial charge in [0.05, 0.1) is 19.6 Å². The van der Waals surface area contributed by atoms with Crippen LogP contribution in [0.5, 0.6) is 5.75 Å². The molecule has 1 fully saturated rings. The van der Waals surface area contributed by atoms with Crippen LogP contribution in [-0.2, 0) is 11.2 Å². The monoisotopic (exact) mass is 388 g/mol. The van der Waals surface area contributed by atoms with Gasteiger partial charge in [-0.2, -0.15) is 0 Å². The van der Waals surface area contributed by atoms with Gasteiger partial charge in [0.2, 0.25) is 5.91 Å². The van der Waals surface area contributed by atoms with Gasteiger partial charge in [-0.15, -0.1) is 0 Å². The van der Waals surface area contributed by atoms with E-state index in [2.05, 4.69) is 21.2 Å². The Labute approximate surface area is 150 Å². The number of methoxy groups -OCH3 is 1. The summed E-state index contributed by atoms with van der Waals surface area (Å²) in [7, 11) is 1.67. The van der Waals surface area contributed by atoms with Gasteiger partial charge in [-0.25, -0.2) is 0 Å². The second-order valence-corrected chi connectivity index (χ2v) is 6.77. The normalized spacial score (nSPS) is 17.6. The molecule has 1 saturated heterocycles. The Morgan fingerprint density at radius 3 is 2.92 bits per heavy atom. The predicted octanol–water partition coefficient (Wildman–Crippen LogP) is 3.17. The lowest BCUT2D eigenvalue weighted by atomic mass is 10.0. The lowest BCUT2D eigenvalue weighted by molar-refractivity contribution is -0.133. The molecule has 0 bridgehead atoms. The minimum absolute atomic E-state index is 0.00504. The second kappa shape index (κ2) is 7.81. The number of nitrogens with zero attached hydrogens (tertiary/aromatic N) is 1. The third-order valence-electron chi connectivity index (χ3n) is 4.31. The van der Waals surface area contributed by atoms with Crippen LogP contribution < -0.4 is 10.1 Å². The van der Waals surface area contributed by atoms with Crippen molar-refractivity contribution in [3.05, 3.63) is 64.1 Å². The predicted molar refractivity (Wildman–Crippen MR) is 98.2 cm³/mol. The van der Waals surface area contributed by atoms with Crippen LogP contribution in [0.25, 0.3) is 0 Å². The summed E-state index contributed by atoms with van der Waals surface area (Å²) in [5, 5.41) is 3.39. The zero-order valence-electron chi connectivity index (χ0n) is 13.7. The molecule has 1 aliphatic heterocycles. The van der Waals surface area contributed by atoms with E-state index in [1.54, 1.807) is 7.11 Å². The van der Waals surface area contributed by atoms with Crippen LogP contribution in [0.15, 0.2) is 53.0 Å². The van der Waals surface area contributed by atoms with Crippen LogP contribution in [-0.4, -0.2) is 37.6 Å². The summed E-state index contributed by atoms with van der Waals surface area (Å²) < 4.78 is 6.48. The summed E-state index contributed by atoms with van der Waals surface area (Å²) in [6, 6.07) is 15.8. The highest BCUT2D eigenvalue weighted by Crippen LogP contribution is 2.30. The van der Waals surface area contributed by atoms with Crippen molar-refractivity contribution in [2.45, 2.75) is 12.5 Å². The molecule has 0 saturated carbocycles. The van der Waals surface area contributed by atoms with E-state index in [-0.39, 0.29) is 11.9 Å². The van der Waals surface area contributed by atoms with Gasteiger partial charge in [-0.1, -0.05) is 46.3 Å². The molecule has 1 aliphatic rings. The van der Waals surface area contributed by atoms with Crippen molar-refractivity contribution in [2.24, 2.45) is 0 Å². The van der Waals surface area contributed by atoms with Gasteiger partial charge < -0.3 is 15.0 Å². The van der Waals surface area contributed by atoms with Crippen LogP contribution in [0.2, 0.25) is 0 Å². The standard InChI is InChI=1S/C19H21BrN2O2/c1-24-18-8-3-2-7-16(18)17-13-21-9-10-22(17)19(23)12-14-5-4-6-15(20)11-14/h2-8,11,17,21H,9-10,12-13H2,1H3. The minimum atomic E-state index is -0.00504. The highest BCUT2D eigenvalue weighted by molar-refractivity contribution is 9.10. The van der Waals surface area contributed by atoms with Crippen LogP contribution in [0, 0.1) is 0 Å². The molecule has 0 spiro atoms. The number of piperazine rings is 1. The summed E-state index contributed by atoms with van der Waals surface area (Å²) >= 11 is 3.46. The summed E-state index contributed by atoms with van der Waals surface area (Å²) in [6.07, 6.45) is 0.408. The Morgan fingerprint density at radius 2 is 2.12 bits per heavy atom. The van der Waals surface area contributed by atoms with Crippen LogP contribution in [0.3, 0.4) is 0 Å². The van der Waals surface area contributed by atoms with Crippen LogP contribution >= 0.6 is 15.9 Å². The lowest BCUT2D eigenvalue weighted by Crippen LogP contribution is -2.49. The Morgan fingerprint density at radius 1 is 1.29 bits per heavy atom. The van der Waals surface area contributed by atoms with E-state index in [1.165, 1.54) is 0 Å². The fourth-order valence-electron chi connectivity index (χ4n) is 3.15. The van der Waals surface area contributed by atoms with Gasteiger partial charge in [0, 0.05) is 29.7 Å². The smallest absolute Gasteiger partial charge is 0.227 e. The number of amides is 1. The van der Waals surface area contributed by atoms with Crippen molar-refractivity contribution in [2.75, 3.05) is 26.7 Å². The van der Waals surface area contributed by atoms with Crippen molar-refractivity contribution in [3.63, 3.8) is 0 Å². The molecule has 24 heavy (non-hydrogen) atoms. The molecule has 2 aromatic carbocycles. The summed E-state index contributed by atoms with van der Waals surface area (Å²) in [6.45, 7) is 2.26. The molecular formula is C19H21BrN2O2. The third kappa shape index (κ3) is 3.79. The molecule has 0 radical (unpaired) electrons. The summed E-state index contributed by atoms with van der Waals surface area (Å²) in [5.41, 5.74) is 2.07. The topological polar surface area (TPSA) is 41.6 Å². The maximum atomic E-state index is 12.9. The Hall–Kier alpha value is -1.85. The molecule has 1 amide bonds. The molecular weight excluding hydrogens is 368 g/mol. The number of carbonyl (C=O) groups excluding carboxylic acids is 1. The Balaban J connectivity index is 1.82. The van der Waals surface area contributed by atoms with Crippen molar-refractivity contribution in [1.82, 2.24) is 10.2 Å². The van der Waals surface area contributed by atoms with Gasteiger partial charge in [0.25, 0.3) is 0 Å². The fourth-order valence-corrected chi connectivity index (χ4v) is 3.59. The van der Waals surface area contributed by atoms with Crippen molar-refractivity contribution >= 4 is 21.8 Å². The number of hydrogen-bond acceptors (Lipinski definition) is 3. The third-order valence-corrected chi connectivity index (χ3v) is 4.80. The molecule has 0 aliphatic carbocycles. The van der Waals surface area contributed by atoms with Gasteiger partial charge in [-0.05, 0) is 23.8 Å². The minimum Gasteiger partial charge on any atom is -0.496 e. The zero-order chi connectivity index (χ0) is 16.9. The van der Waals surface area contributed by atoms with E-state index in [9.17, 15) is 4.79 Å². The molecule has 2 aromatic rings. The molecule has 1 atom stereocenters. The number of ether oxygens (including phenoxy) is 1. The van der Waals surface area contributed by atoms with E-state index in [1.807, 2.05) is 53.4 Å². The quantitative estimate of drug-likeness (QED) is 0.874. The molecule has 3 rings (SSSR count). The SMILES string of the molecule is COc1ccccc1C1CNCCN1C(=O)Cc1cccc(Br)c1. The van der Waals surface area contributed by atoms with Gasteiger partial charge in [0.1, 0.15) is 5.75 Å². The van der Waals surface area contributed by atoms with E-state index < -0.39 is 0 Å². The number of carbonyl (C=O) groups is 1. The zero-order valence-corrected chi connectivity index (χ0v) is 15.3. The van der Waals surface area contributed by atoms with Crippen LogP contribution in [0.4, 0.5) is 0 Å². The first-order valence-electron chi connectivity index (χ1n) is 8.06. The number of para-hydroxylation sites is 1. The molecule has 1 N–H and O–H groups in total. The fraction of sp³-hybridized carbons (Fsp3) is 0.316. The molecule has 1 unspecified atom stereocenters. The van der Waals surface area contributed by atoms with E-state index in [0.717, 1.165) is 34.4 Å². The largest absolute Gasteiger partial charge is 0.496 e. The van der Waals surface area contributed by atoms with Crippen molar-refractivity contribution < 1.29 is 9.53 Å². The van der Waals surface area contributed by atoms with E-state index in [4.69, 9.17) is 4.74 Å². The average molecular weight is 389 g/mol. The van der Waals surface area contributed by atoms with Gasteiger partial charge in [0.15, 0.2) is 0 Å². The molecule has 0 aromatic heterocycles. The molecule has 1 heterocycles. The number of halogens is 1. The number of rotatable bonds is 4. The summed E-state index contributed by atoms with van der Waals surface area (Å²) in [4.78, 5) is 14.9. The number of nitrogens with one attached hydrogen (secondary N) is 1. The van der Waals surface area contributed by atoms with Crippen molar-refractivity contribution in [1.29, 1.82) is 0 Å². The first-order chi connectivity index (χ1) is 11.7. The number of benzene rings is 2. The van der Waals surface area contributed by atoms with Crippen molar-refractivity contribution in [3.8, 4) is 5.75 Å². The Kier molecular flexibility index (Phi) is 5.53. The Bertz CT molecular complexity index is 720. The lowest BCUT2D eigenvalue weighted by Gasteiger charge is -2.37. The molecule has 4 nitrogen and oxygen atoms in total. The second-order valence-electron chi connectivity index (χ2n) is 5.86. The van der Waals surface area contributed by atoms with E-state index >= 15 is 0 Å². The van der Waals surface area contributed by atoms with E-state index in [0.29, 0.717) is 13.0 Å². The maximum Gasteiger partial charge on any atom is 0.227 e. The number of hydrogen-bond donors (Lipinski definition) is 1. The molecule has 126 valence electrons.